The Labute approximate surface area is 174 Å². The van der Waals surface area contributed by atoms with Gasteiger partial charge in [0.05, 0.1) is 43.1 Å². The van der Waals surface area contributed by atoms with Gasteiger partial charge in [0.2, 0.25) is 0 Å². The van der Waals surface area contributed by atoms with E-state index in [2.05, 4.69) is 6.07 Å². The molecule has 2 aromatic carbocycles. The number of rotatable bonds is 5. The lowest BCUT2D eigenvalue weighted by molar-refractivity contribution is -0.0647. The fraction of sp³-hybridized carbons (Fsp3) is 0.333. The summed E-state index contributed by atoms with van der Waals surface area (Å²) in [6.45, 7) is 3.76. The van der Waals surface area contributed by atoms with Gasteiger partial charge in [-0.2, -0.15) is 5.26 Å². The molecule has 0 aromatic heterocycles. The molecule has 0 aliphatic carbocycles. The van der Waals surface area contributed by atoms with E-state index in [1.807, 2.05) is 13.0 Å². The summed E-state index contributed by atoms with van der Waals surface area (Å²) >= 11 is 12.3. The van der Waals surface area contributed by atoms with Crippen molar-refractivity contribution in [2.75, 3.05) is 26.3 Å². The Morgan fingerprint density at radius 3 is 2.79 bits per heavy atom. The van der Waals surface area contributed by atoms with E-state index in [4.69, 9.17) is 32.7 Å². The number of morpholine rings is 1. The molecule has 3 rings (SSSR count). The third-order valence-electron chi connectivity index (χ3n) is 4.56. The van der Waals surface area contributed by atoms with Crippen LogP contribution >= 0.6 is 23.2 Å². The number of nitriles is 1. The highest BCUT2D eigenvalue weighted by atomic mass is 35.5. The van der Waals surface area contributed by atoms with E-state index in [-0.39, 0.29) is 18.6 Å². The van der Waals surface area contributed by atoms with Gasteiger partial charge in [-0.05, 0) is 31.2 Å². The van der Waals surface area contributed by atoms with E-state index in [0.717, 1.165) is 11.1 Å². The first-order chi connectivity index (χ1) is 13.5. The number of hydrogen-bond donors (Lipinski definition) is 0. The first-order valence-electron chi connectivity index (χ1n) is 8.92. The van der Waals surface area contributed by atoms with Gasteiger partial charge in [-0.15, -0.1) is 0 Å². The minimum Gasteiger partial charge on any atom is -0.374 e. The summed E-state index contributed by atoms with van der Waals surface area (Å²) in [5.41, 5.74) is 2.47. The van der Waals surface area contributed by atoms with Gasteiger partial charge >= 0.3 is 0 Å². The van der Waals surface area contributed by atoms with Gasteiger partial charge in [0.1, 0.15) is 0 Å². The van der Waals surface area contributed by atoms with Gasteiger partial charge < -0.3 is 14.4 Å². The van der Waals surface area contributed by atoms with Gasteiger partial charge in [0, 0.05) is 28.7 Å². The SMILES string of the molecule is Cc1ccc(C#N)c(C(=O)N2CCOC(COCc3c(Cl)cccc3Cl)C2)c1. The minimum absolute atomic E-state index is 0.164. The number of benzene rings is 2. The highest BCUT2D eigenvalue weighted by molar-refractivity contribution is 6.35. The van der Waals surface area contributed by atoms with Crippen molar-refractivity contribution in [3.05, 3.63) is 68.7 Å². The number of hydrogen-bond acceptors (Lipinski definition) is 4. The first kappa shape index (κ1) is 20.6. The topological polar surface area (TPSA) is 62.6 Å². The molecule has 0 radical (unpaired) electrons. The summed E-state index contributed by atoms with van der Waals surface area (Å²) in [4.78, 5) is 14.6. The van der Waals surface area contributed by atoms with Crippen molar-refractivity contribution in [2.45, 2.75) is 19.6 Å². The van der Waals surface area contributed by atoms with E-state index >= 15 is 0 Å². The molecular formula is C21H20Cl2N2O3. The molecule has 7 heteroatoms. The molecule has 146 valence electrons. The molecule has 0 N–H and O–H groups in total. The lowest BCUT2D eigenvalue weighted by atomic mass is 10.0. The number of aryl methyl sites for hydroxylation is 1. The molecule has 1 aliphatic rings. The maximum atomic E-state index is 12.9. The van der Waals surface area contributed by atoms with E-state index in [0.29, 0.717) is 47.5 Å². The van der Waals surface area contributed by atoms with Crippen LogP contribution in [0, 0.1) is 18.3 Å². The van der Waals surface area contributed by atoms with Crippen LogP contribution in [0.25, 0.3) is 0 Å². The van der Waals surface area contributed by atoms with Crippen molar-refractivity contribution in [3.8, 4) is 6.07 Å². The molecule has 1 fully saturated rings. The van der Waals surface area contributed by atoms with Crippen molar-refractivity contribution in [1.82, 2.24) is 4.90 Å². The van der Waals surface area contributed by atoms with Crippen LogP contribution in [0.4, 0.5) is 0 Å². The molecule has 0 bridgehead atoms. The normalized spacial score (nSPS) is 16.6. The van der Waals surface area contributed by atoms with Gasteiger partial charge in [-0.1, -0.05) is 40.9 Å². The Morgan fingerprint density at radius 1 is 1.32 bits per heavy atom. The van der Waals surface area contributed by atoms with Crippen molar-refractivity contribution in [1.29, 1.82) is 5.26 Å². The largest absolute Gasteiger partial charge is 0.374 e. The van der Waals surface area contributed by atoms with Gasteiger partial charge in [0.25, 0.3) is 5.91 Å². The van der Waals surface area contributed by atoms with Crippen LogP contribution in [0.3, 0.4) is 0 Å². The van der Waals surface area contributed by atoms with Crippen molar-refractivity contribution in [3.63, 3.8) is 0 Å². The molecule has 1 heterocycles. The molecule has 1 unspecified atom stereocenters. The van der Waals surface area contributed by atoms with Crippen molar-refractivity contribution >= 4 is 29.1 Å². The molecule has 2 aromatic rings. The molecule has 5 nitrogen and oxygen atoms in total. The van der Waals surface area contributed by atoms with Crippen LogP contribution in [-0.2, 0) is 16.1 Å². The standard InChI is InChI=1S/C21H20Cl2N2O3/c1-14-5-6-15(10-24)17(9-14)21(26)25-7-8-28-16(11-25)12-27-13-18-19(22)3-2-4-20(18)23/h2-6,9,16H,7-8,11-13H2,1H3. The molecule has 1 amide bonds. The molecule has 1 atom stereocenters. The second-order valence-electron chi connectivity index (χ2n) is 6.62. The first-order valence-corrected chi connectivity index (χ1v) is 9.67. The minimum atomic E-state index is -0.255. The average molecular weight is 419 g/mol. The second kappa shape index (κ2) is 9.40. The zero-order valence-corrected chi connectivity index (χ0v) is 17.0. The van der Waals surface area contributed by atoms with Crippen LogP contribution in [0.15, 0.2) is 36.4 Å². The fourth-order valence-corrected chi connectivity index (χ4v) is 3.58. The summed E-state index contributed by atoms with van der Waals surface area (Å²) in [5, 5.41) is 10.4. The van der Waals surface area contributed by atoms with Gasteiger partial charge in [0.15, 0.2) is 0 Å². The number of carbonyl (C=O) groups is 1. The highest BCUT2D eigenvalue weighted by Crippen LogP contribution is 2.25. The molecular weight excluding hydrogens is 399 g/mol. The Morgan fingerprint density at radius 2 is 2.07 bits per heavy atom. The number of nitrogens with zero attached hydrogens (tertiary/aromatic N) is 2. The predicted molar refractivity (Wildman–Crippen MR) is 108 cm³/mol. The average Bonchev–Trinajstić information content (AvgIpc) is 2.70. The summed E-state index contributed by atoms with van der Waals surface area (Å²) in [5.74, 6) is -0.164. The summed E-state index contributed by atoms with van der Waals surface area (Å²) < 4.78 is 11.5. The van der Waals surface area contributed by atoms with E-state index in [9.17, 15) is 10.1 Å². The van der Waals surface area contributed by atoms with Crippen LogP contribution in [0.5, 0.6) is 0 Å². The zero-order valence-electron chi connectivity index (χ0n) is 15.5. The third kappa shape index (κ3) is 4.84. The third-order valence-corrected chi connectivity index (χ3v) is 5.27. The number of halogens is 2. The van der Waals surface area contributed by atoms with Gasteiger partial charge in [-0.3, -0.25) is 4.79 Å². The molecule has 1 saturated heterocycles. The number of carbonyl (C=O) groups excluding carboxylic acids is 1. The lowest BCUT2D eigenvalue weighted by Gasteiger charge is -2.33. The Hall–Kier alpha value is -2.10. The second-order valence-corrected chi connectivity index (χ2v) is 7.43. The Kier molecular flexibility index (Phi) is 6.93. The maximum Gasteiger partial charge on any atom is 0.255 e. The predicted octanol–water partition coefficient (Wildman–Crippen LogP) is 4.23. The molecule has 0 saturated carbocycles. The van der Waals surface area contributed by atoms with Crippen molar-refractivity contribution in [2.24, 2.45) is 0 Å². The maximum absolute atomic E-state index is 12.9. The molecule has 0 spiro atoms. The monoisotopic (exact) mass is 418 g/mol. The number of ether oxygens (including phenoxy) is 2. The highest BCUT2D eigenvalue weighted by Gasteiger charge is 2.26. The lowest BCUT2D eigenvalue weighted by Crippen LogP contribution is -2.47. The van der Waals surface area contributed by atoms with E-state index in [1.54, 1.807) is 35.2 Å². The summed E-state index contributed by atoms with van der Waals surface area (Å²) in [6, 6.07) is 12.6. The smallest absolute Gasteiger partial charge is 0.255 e. The summed E-state index contributed by atoms with van der Waals surface area (Å²) in [7, 11) is 0. The Balaban J connectivity index is 1.61. The van der Waals surface area contributed by atoms with Crippen LogP contribution in [0.2, 0.25) is 10.0 Å². The summed E-state index contributed by atoms with van der Waals surface area (Å²) in [6.07, 6.45) is -0.255. The zero-order chi connectivity index (χ0) is 20.1. The van der Waals surface area contributed by atoms with E-state index in [1.165, 1.54) is 0 Å². The quantitative estimate of drug-likeness (QED) is 0.728. The van der Waals surface area contributed by atoms with E-state index < -0.39 is 0 Å². The van der Waals surface area contributed by atoms with Crippen molar-refractivity contribution < 1.29 is 14.3 Å². The van der Waals surface area contributed by atoms with Gasteiger partial charge in [-0.25, -0.2) is 0 Å². The van der Waals surface area contributed by atoms with Crippen LogP contribution in [-0.4, -0.2) is 43.2 Å². The van der Waals surface area contributed by atoms with Crippen LogP contribution < -0.4 is 0 Å². The Bertz CT molecular complexity index is 891. The number of amides is 1. The molecule has 28 heavy (non-hydrogen) atoms. The molecule has 1 aliphatic heterocycles. The van der Waals surface area contributed by atoms with Crippen LogP contribution in [0.1, 0.15) is 27.0 Å². The fourth-order valence-electron chi connectivity index (χ4n) is 3.07.